The maximum Gasteiger partial charge on any atom is 0.144 e. The van der Waals surface area contributed by atoms with Gasteiger partial charge in [0.05, 0.1) is 11.7 Å². The molecule has 0 aromatic carbocycles. The van der Waals surface area contributed by atoms with Crippen molar-refractivity contribution < 1.29 is 0 Å². The number of alkyl halides is 2. The monoisotopic (exact) mass is 233 g/mol. The van der Waals surface area contributed by atoms with E-state index in [0.29, 0.717) is 17.6 Å². The van der Waals surface area contributed by atoms with Gasteiger partial charge in [-0.1, -0.05) is 6.92 Å². The van der Waals surface area contributed by atoms with Crippen LogP contribution < -0.4 is 5.32 Å². The standard InChI is InChI=1S/C9H13Cl2N3/c1-2-9(6-10,7-11)14-8-5-12-3-4-13-8/h3-5H,2,6-7H2,1H3,(H,13,14). The highest BCUT2D eigenvalue weighted by Crippen LogP contribution is 2.19. The first kappa shape index (κ1) is 11.5. The molecule has 1 rings (SSSR count). The van der Waals surface area contributed by atoms with Gasteiger partial charge in [0.25, 0.3) is 0 Å². The molecule has 1 heterocycles. The van der Waals surface area contributed by atoms with E-state index in [-0.39, 0.29) is 5.54 Å². The molecular weight excluding hydrogens is 221 g/mol. The predicted molar refractivity (Wildman–Crippen MR) is 60.1 cm³/mol. The zero-order chi connectivity index (χ0) is 10.4. The van der Waals surface area contributed by atoms with Gasteiger partial charge in [0.1, 0.15) is 5.82 Å². The molecule has 0 atom stereocenters. The van der Waals surface area contributed by atoms with Gasteiger partial charge >= 0.3 is 0 Å². The van der Waals surface area contributed by atoms with E-state index in [1.54, 1.807) is 18.6 Å². The summed E-state index contributed by atoms with van der Waals surface area (Å²) in [6.07, 6.45) is 5.76. The second-order valence-corrected chi connectivity index (χ2v) is 3.65. The highest BCUT2D eigenvalue weighted by Gasteiger charge is 2.26. The predicted octanol–water partition coefficient (Wildman–Crippen LogP) is 2.51. The summed E-state index contributed by atoms with van der Waals surface area (Å²) in [6.45, 7) is 2.04. The molecule has 0 radical (unpaired) electrons. The van der Waals surface area contributed by atoms with Gasteiger partial charge in [-0.15, -0.1) is 23.2 Å². The van der Waals surface area contributed by atoms with Crippen molar-refractivity contribution in [3.63, 3.8) is 0 Å². The van der Waals surface area contributed by atoms with Crippen LogP contribution in [0.15, 0.2) is 18.6 Å². The minimum Gasteiger partial charge on any atom is -0.361 e. The molecule has 0 unspecified atom stereocenters. The first-order valence-electron chi connectivity index (χ1n) is 4.42. The largest absolute Gasteiger partial charge is 0.361 e. The third kappa shape index (κ3) is 2.72. The van der Waals surface area contributed by atoms with Crippen molar-refractivity contribution in [2.24, 2.45) is 0 Å². The SMILES string of the molecule is CCC(CCl)(CCl)Nc1cnccn1. The molecule has 0 saturated carbocycles. The third-order valence-corrected chi connectivity index (χ3v) is 3.17. The Morgan fingerprint density at radius 1 is 1.36 bits per heavy atom. The van der Waals surface area contributed by atoms with Crippen LogP contribution >= 0.6 is 23.2 Å². The lowest BCUT2D eigenvalue weighted by molar-refractivity contribution is 0.557. The highest BCUT2D eigenvalue weighted by atomic mass is 35.5. The Hall–Kier alpha value is -0.540. The Labute approximate surface area is 93.9 Å². The number of nitrogens with one attached hydrogen (secondary N) is 1. The van der Waals surface area contributed by atoms with E-state index >= 15 is 0 Å². The second-order valence-electron chi connectivity index (χ2n) is 3.12. The zero-order valence-electron chi connectivity index (χ0n) is 8.00. The molecule has 0 bridgehead atoms. The van der Waals surface area contributed by atoms with E-state index < -0.39 is 0 Å². The third-order valence-electron chi connectivity index (χ3n) is 2.14. The van der Waals surface area contributed by atoms with Crippen LogP contribution in [0.3, 0.4) is 0 Å². The van der Waals surface area contributed by atoms with Crippen molar-refractivity contribution >= 4 is 29.0 Å². The van der Waals surface area contributed by atoms with Crippen molar-refractivity contribution in [3.8, 4) is 0 Å². The maximum atomic E-state index is 5.88. The molecule has 0 aliphatic carbocycles. The summed E-state index contributed by atoms with van der Waals surface area (Å²) in [6, 6.07) is 0. The zero-order valence-corrected chi connectivity index (χ0v) is 9.52. The number of nitrogens with zero attached hydrogens (tertiary/aromatic N) is 2. The molecule has 1 N–H and O–H groups in total. The minimum atomic E-state index is -0.293. The molecule has 78 valence electrons. The molecule has 0 fully saturated rings. The summed E-state index contributed by atoms with van der Waals surface area (Å²) in [7, 11) is 0. The van der Waals surface area contributed by atoms with Crippen molar-refractivity contribution in [3.05, 3.63) is 18.6 Å². The van der Waals surface area contributed by atoms with Crippen LogP contribution in [0.25, 0.3) is 0 Å². The quantitative estimate of drug-likeness (QED) is 0.795. The number of hydrogen-bond acceptors (Lipinski definition) is 3. The maximum absolute atomic E-state index is 5.88. The minimum absolute atomic E-state index is 0.293. The number of halogens is 2. The van der Waals surface area contributed by atoms with Gasteiger partial charge in [0, 0.05) is 24.2 Å². The molecule has 3 nitrogen and oxygen atoms in total. The number of anilines is 1. The van der Waals surface area contributed by atoms with Crippen LogP contribution in [-0.2, 0) is 0 Å². The van der Waals surface area contributed by atoms with Gasteiger partial charge in [0.2, 0.25) is 0 Å². The number of hydrogen-bond donors (Lipinski definition) is 1. The smallest absolute Gasteiger partial charge is 0.144 e. The Morgan fingerprint density at radius 2 is 2.07 bits per heavy atom. The Bertz CT molecular complexity index is 254. The summed E-state index contributed by atoms with van der Waals surface area (Å²) < 4.78 is 0. The van der Waals surface area contributed by atoms with Crippen LogP contribution in [0.4, 0.5) is 5.82 Å². The molecule has 0 saturated heterocycles. The first-order valence-corrected chi connectivity index (χ1v) is 5.49. The van der Waals surface area contributed by atoms with Crippen molar-refractivity contribution in [1.82, 2.24) is 9.97 Å². The summed E-state index contributed by atoms with van der Waals surface area (Å²) in [5.41, 5.74) is -0.293. The van der Waals surface area contributed by atoms with E-state index in [2.05, 4.69) is 15.3 Å². The van der Waals surface area contributed by atoms with Gasteiger partial charge in [0.15, 0.2) is 0 Å². The Balaban J connectivity index is 2.74. The lowest BCUT2D eigenvalue weighted by atomic mass is 10.0. The van der Waals surface area contributed by atoms with Crippen LogP contribution in [0.5, 0.6) is 0 Å². The van der Waals surface area contributed by atoms with Gasteiger partial charge < -0.3 is 5.32 Å². The molecular formula is C9H13Cl2N3. The Kier molecular flexibility index (Phi) is 4.42. The summed E-state index contributed by atoms with van der Waals surface area (Å²) in [5.74, 6) is 1.60. The second kappa shape index (κ2) is 5.37. The van der Waals surface area contributed by atoms with Gasteiger partial charge in [-0.25, -0.2) is 4.98 Å². The van der Waals surface area contributed by atoms with Crippen LogP contribution in [-0.4, -0.2) is 27.3 Å². The van der Waals surface area contributed by atoms with Crippen molar-refractivity contribution in [1.29, 1.82) is 0 Å². The molecule has 14 heavy (non-hydrogen) atoms. The van der Waals surface area contributed by atoms with Crippen molar-refractivity contribution in [2.45, 2.75) is 18.9 Å². The van der Waals surface area contributed by atoms with Crippen LogP contribution in [0.2, 0.25) is 0 Å². The summed E-state index contributed by atoms with van der Waals surface area (Å²) in [4.78, 5) is 8.08. The molecule has 0 amide bonds. The molecule has 0 aliphatic heterocycles. The highest BCUT2D eigenvalue weighted by molar-refractivity contribution is 6.22. The first-order chi connectivity index (χ1) is 6.76. The van der Waals surface area contributed by atoms with Gasteiger partial charge in [-0.05, 0) is 6.42 Å². The van der Waals surface area contributed by atoms with Gasteiger partial charge in [-0.2, -0.15) is 0 Å². The molecule has 1 aromatic rings. The van der Waals surface area contributed by atoms with Crippen LogP contribution in [0, 0.1) is 0 Å². The van der Waals surface area contributed by atoms with E-state index in [1.807, 2.05) is 6.92 Å². The topological polar surface area (TPSA) is 37.8 Å². The average Bonchev–Trinajstić information content (AvgIpc) is 2.28. The Morgan fingerprint density at radius 3 is 2.50 bits per heavy atom. The molecule has 5 heteroatoms. The number of aromatic nitrogens is 2. The van der Waals surface area contributed by atoms with E-state index in [4.69, 9.17) is 23.2 Å². The number of rotatable bonds is 5. The summed E-state index contributed by atoms with van der Waals surface area (Å²) >= 11 is 11.8. The van der Waals surface area contributed by atoms with Gasteiger partial charge in [-0.3, -0.25) is 4.98 Å². The molecule has 0 aliphatic rings. The lowest BCUT2D eigenvalue weighted by Crippen LogP contribution is -2.42. The molecule has 0 spiro atoms. The fraction of sp³-hybridized carbons (Fsp3) is 0.556. The normalized spacial score (nSPS) is 11.4. The average molecular weight is 234 g/mol. The van der Waals surface area contributed by atoms with E-state index in [1.165, 1.54) is 0 Å². The fourth-order valence-electron chi connectivity index (χ4n) is 1.02. The lowest BCUT2D eigenvalue weighted by Gasteiger charge is -2.29. The summed E-state index contributed by atoms with van der Waals surface area (Å²) in [5, 5.41) is 3.20. The van der Waals surface area contributed by atoms with Crippen molar-refractivity contribution in [2.75, 3.05) is 17.1 Å². The van der Waals surface area contributed by atoms with E-state index in [9.17, 15) is 0 Å². The van der Waals surface area contributed by atoms with E-state index in [0.717, 1.165) is 6.42 Å². The molecule has 1 aromatic heterocycles. The van der Waals surface area contributed by atoms with Crippen LogP contribution in [0.1, 0.15) is 13.3 Å². The fourth-order valence-corrected chi connectivity index (χ4v) is 1.81.